The number of anilines is 1. The highest BCUT2D eigenvalue weighted by Crippen LogP contribution is 2.34. The number of thiazole rings is 1. The number of hydrogen-bond acceptors (Lipinski definition) is 6. The summed E-state index contributed by atoms with van der Waals surface area (Å²) in [5.74, 6) is 0.893. The minimum Gasteiger partial charge on any atom is -0.321 e. The maximum atomic E-state index is 13.1. The van der Waals surface area contributed by atoms with Gasteiger partial charge < -0.3 is 10.6 Å². The molecule has 1 amide bonds. The van der Waals surface area contributed by atoms with Crippen molar-refractivity contribution < 1.29 is 18.0 Å². The number of aromatic nitrogens is 2. The fourth-order valence-electron chi connectivity index (χ4n) is 3.81. The van der Waals surface area contributed by atoms with Crippen molar-refractivity contribution in [2.45, 2.75) is 19.6 Å². The van der Waals surface area contributed by atoms with Crippen LogP contribution in [0.2, 0.25) is 0 Å². The van der Waals surface area contributed by atoms with Gasteiger partial charge in [0.1, 0.15) is 20.9 Å². The summed E-state index contributed by atoms with van der Waals surface area (Å²) < 4.78 is 39.2. The van der Waals surface area contributed by atoms with Crippen molar-refractivity contribution >= 4 is 33.3 Å². The number of terminal acetylenes is 1. The standard InChI is InChI=1S/C26H24F3N5OS/c1-3-18(14-19(4-2)26(27,28)29)23(35)32-21-8-6-5-7-20(21)24-33-22-13-17(15-31-25(22)36-24)16-34-11-9-30-10-12-34/h2-3,5-8,13-15,30H,9-12,16H2,1H3,(H,32,35)/b18-3+,19-14+. The van der Waals surface area contributed by atoms with Gasteiger partial charge in [0.15, 0.2) is 0 Å². The number of pyridine rings is 1. The summed E-state index contributed by atoms with van der Waals surface area (Å²) in [6.07, 6.45) is 4.08. The van der Waals surface area contributed by atoms with Crippen LogP contribution in [0.15, 0.2) is 59.8 Å². The smallest absolute Gasteiger partial charge is 0.321 e. The van der Waals surface area contributed by atoms with Crippen LogP contribution >= 0.6 is 11.3 Å². The zero-order chi connectivity index (χ0) is 25.7. The average molecular weight is 512 g/mol. The number of amides is 1. The normalized spacial score (nSPS) is 15.6. The Morgan fingerprint density at radius 2 is 2.06 bits per heavy atom. The Balaban J connectivity index is 1.58. The first-order chi connectivity index (χ1) is 17.3. The van der Waals surface area contributed by atoms with Crippen LogP contribution in [0, 0.1) is 12.3 Å². The summed E-state index contributed by atoms with van der Waals surface area (Å²) in [6, 6.07) is 9.02. The van der Waals surface area contributed by atoms with Gasteiger partial charge in [-0.15, -0.1) is 6.42 Å². The first-order valence-corrected chi connectivity index (χ1v) is 12.1. The lowest BCUT2D eigenvalue weighted by Crippen LogP contribution is -2.42. The van der Waals surface area contributed by atoms with E-state index in [0.29, 0.717) is 22.3 Å². The van der Waals surface area contributed by atoms with Crippen LogP contribution in [0.4, 0.5) is 18.9 Å². The molecular formula is C26H24F3N5OS. The molecule has 0 saturated carbocycles. The number of para-hydroxylation sites is 1. The lowest BCUT2D eigenvalue weighted by atomic mass is 10.1. The van der Waals surface area contributed by atoms with Gasteiger partial charge in [-0.25, -0.2) is 9.97 Å². The molecule has 0 unspecified atom stereocenters. The molecule has 4 rings (SSSR count). The number of alkyl halides is 3. The van der Waals surface area contributed by atoms with Gasteiger partial charge in [-0.1, -0.05) is 35.5 Å². The van der Waals surface area contributed by atoms with Gasteiger partial charge in [-0.2, -0.15) is 13.2 Å². The topological polar surface area (TPSA) is 70.2 Å². The van der Waals surface area contributed by atoms with Crippen LogP contribution in [0.25, 0.3) is 20.9 Å². The quantitative estimate of drug-likeness (QED) is 0.284. The van der Waals surface area contributed by atoms with Gasteiger partial charge in [0, 0.05) is 50.1 Å². The molecule has 1 saturated heterocycles. The predicted octanol–water partition coefficient (Wildman–Crippen LogP) is 4.77. The number of fused-ring (bicyclic) bond motifs is 1. The van der Waals surface area contributed by atoms with Gasteiger partial charge in [0.25, 0.3) is 5.91 Å². The molecule has 0 bridgehead atoms. The van der Waals surface area contributed by atoms with Crippen molar-refractivity contribution in [1.29, 1.82) is 0 Å². The minimum atomic E-state index is -4.72. The van der Waals surface area contributed by atoms with Crippen molar-refractivity contribution in [3.8, 4) is 22.9 Å². The zero-order valence-corrected chi connectivity index (χ0v) is 20.3. The van der Waals surface area contributed by atoms with Crippen molar-refractivity contribution in [2.75, 3.05) is 31.5 Å². The van der Waals surface area contributed by atoms with Crippen molar-refractivity contribution in [3.05, 3.63) is 65.4 Å². The van der Waals surface area contributed by atoms with Crippen LogP contribution in [0.1, 0.15) is 12.5 Å². The highest BCUT2D eigenvalue weighted by atomic mass is 32.1. The second kappa shape index (κ2) is 11.0. The Bertz CT molecular complexity index is 1360. The summed E-state index contributed by atoms with van der Waals surface area (Å²) in [4.78, 5) is 25.2. The third-order valence-corrected chi connectivity index (χ3v) is 6.67. The number of nitrogens with one attached hydrogen (secondary N) is 2. The Morgan fingerprint density at radius 1 is 1.31 bits per heavy atom. The van der Waals surface area contributed by atoms with Crippen molar-refractivity contribution in [1.82, 2.24) is 20.2 Å². The zero-order valence-electron chi connectivity index (χ0n) is 19.5. The number of piperazine rings is 1. The van der Waals surface area contributed by atoms with E-state index in [4.69, 9.17) is 11.4 Å². The van der Waals surface area contributed by atoms with Crippen LogP contribution < -0.4 is 10.6 Å². The van der Waals surface area contributed by atoms with Crippen molar-refractivity contribution in [2.24, 2.45) is 0 Å². The monoisotopic (exact) mass is 511 g/mol. The molecule has 1 aromatic carbocycles. The van der Waals surface area contributed by atoms with Gasteiger partial charge >= 0.3 is 6.18 Å². The molecule has 3 heterocycles. The number of halogens is 3. The van der Waals surface area contributed by atoms with E-state index in [1.165, 1.54) is 24.3 Å². The first-order valence-electron chi connectivity index (χ1n) is 11.3. The maximum Gasteiger partial charge on any atom is 0.424 e. The third kappa shape index (κ3) is 5.99. The molecule has 0 spiro atoms. The average Bonchev–Trinajstić information content (AvgIpc) is 3.28. The molecule has 3 aromatic rings. The maximum absolute atomic E-state index is 13.1. The third-order valence-electron chi connectivity index (χ3n) is 5.66. The summed E-state index contributed by atoms with van der Waals surface area (Å²) >= 11 is 1.38. The number of allylic oxidation sites excluding steroid dienone is 2. The van der Waals surface area contributed by atoms with E-state index in [1.807, 2.05) is 12.3 Å². The number of carbonyl (C=O) groups excluding carboxylic acids is 1. The van der Waals surface area contributed by atoms with Gasteiger partial charge in [0.05, 0.1) is 5.69 Å². The highest BCUT2D eigenvalue weighted by molar-refractivity contribution is 7.21. The molecule has 2 aromatic heterocycles. The van der Waals surface area contributed by atoms with Crippen LogP contribution in [-0.4, -0.2) is 53.1 Å². The first kappa shape index (κ1) is 25.6. The second-order valence-corrected chi connectivity index (χ2v) is 9.13. The van der Waals surface area contributed by atoms with Crippen LogP contribution in [0.3, 0.4) is 0 Å². The molecule has 2 N–H and O–H groups in total. The fraction of sp³-hybridized carbons (Fsp3) is 0.269. The van der Waals surface area contributed by atoms with E-state index in [2.05, 4.69) is 20.5 Å². The van der Waals surface area contributed by atoms with E-state index in [9.17, 15) is 18.0 Å². The summed E-state index contributed by atoms with van der Waals surface area (Å²) in [7, 11) is 0. The Kier molecular flexibility index (Phi) is 7.84. The highest BCUT2D eigenvalue weighted by Gasteiger charge is 2.33. The van der Waals surface area contributed by atoms with Gasteiger partial charge in [-0.3, -0.25) is 9.69 Å². The summed E-state index contributed by atoms with van der Waals surface area (Å²) in [5.41, 5.74) is 1.46. The fourth-order valence-corrected chi connectivity index (χ4v) is 4.74. The Hall–Kier alpha value is -3.52. The molecular weight excluding hydrogens is 487 g/mol. The number of rotatable bonds is 6. The lowest BCUT2D eigenvalue weighted by Gasteiger charge is -2.26. The van der Waals surface area contributed by atoms with E-state index >= 15 is 0 Å². The predicted molar refractivity (Wildman–Crippen MR) is 136 cm³/mol. The SMILES string of the molecule is C#C/C(=C\C(=C/C)C(=O)Nc1ccccc1-c1nc2cc(CN3CCNCC3)cnc2s1)C(F)(F)F. The molecule has 1 fully saturated rings. The molecule has 1 aliphatic heterocycles. The lowest BCUT2D eigenvalue weighted by molar-refractivity contribution is -0.112. The molecule has 1 aliphatic rings. The van der Waals surface area contributed by atoms with Gasteiger partial charge in [0.2, 0.25) is 0 Å². The minimum absolute atomic E-state index is 0.196. The molecule has 36 heavy (non-hydrogen) atoms. The molecule has 0 radical (unpaired) electrons. The molecule has 10 heteroatoms. The van der Waals surface area contributed by atoms with Crippen molar-refractivity contribution in [3.63, 3.8) is 0 Å². The summed E-state index contributed by atoms with van der Waals surface area (Å²) in [5, 5.41) is 6.68. The molecule has 6 nitrogen and oxygen atoms in total. The molecule has 186 valence electrons. The van der Waals surface area contributed by atoms with Crippen LogP contribution in [-0.2, 0) is 11.3 Å². The van der Waals surface area contributed by atoms with E-state index < -0.39 is 17.7 Å². The number of nitrogens with zero attached hydrogens (tertiary/aromatic N) is 3. The summed E-state index contributed by atoms with van der Waals surface area (Å²) in [6.45, 7) is 6.14. The second-order valence-electron chi connectivity index (χ2n) is 8.16. The molecule has 0 atom stereocenters. The number of hydrogen-bond donors (Lipinski definition) is 2. The Morgan fingerprint density at radius 3 is 2.75 bits per heavy atom. The molecule has 0 aliphatic carbocycles. The largest absolute Gasteiger partial charge is 0.424 e. The van der Waals surface area contributed by atoms with Gasteiger partial charge in [-0.05, 0) is 36.8 Å². The van der Waals surface area contributed by atoms with E-state index in [1.54, 1.807) is 30.2 Å². The van der Waals surface area contributed by atoms with E-state index in [-0.39, 0.29) is 5.57 Å². The number of benzene rings is 1. The Labute approximate surface area is 210 Å². The number of carbonyl (C=O) groups is 1. The van der Waals surface area contributed by atoms with E-state index in [0.717, 1.165) is 48.6 Å². The van der Waals surface area contributed by atoms with Crippen LogP contribution in [0.5, 0.6) is 0 Å².